The summed E-state index contributed by atoms with van der Waals surface area (Å²) in [5.41, 5.74) is 6.51. The van der Waals surface area contributed by atoms with Crippen LogP contribution >= 0.6 is 0 Å². The molecule has 0 amide bonds. The number of rotatable bonds is 0. The molecule has 9 heavy (non-hydrogen) atoms. The number of nitrogens with two attached hydrogens (primary N) is 1. The fourth-order valence-corrected chi connectivity index (χ4v) is 1.52. The van der Waals surface area contributed by atoms with E-state index in [-0.39, 0.29) is 5.54 Å². The summed E-state index contributed by atoms with van der Waals surface area (Å²) in [5.74, 6) is 0. The molecule has 0 bridgehead atoms. The highest BCUT2D eigenvalue weighted by molar-refractivity contribution is 4.98. The van der Waals surface area contributed by atoms with E-state index < -0.39 is 0 Å². The Morgan fingerprint density at radius 2 is 1.67 bits per heavy atom. The Labute approximate surface area is 57.6 Å². The lowest BCUT2D eigenvalue weighted by Gasteiger charge is -2.34. The Hall–Kier alpha value is -0.0400. The standard InChI is InChI=1S/C8H17N/c1-7(2)5-4-6-8(7,3)9/h4-6,9H2,1-3H3. The molecular weight excluding hydrogens is 110 g/mol. The molecule has 1 aliphatic carbocycles. The zero-order valence-corrected chi connectivity index (χ0v) is 6.70. The van der Waals surface area contributed by atoms with Crippen LogP contribution in [0.5, 0.6) is 0 Å². The van der Waals surface area contributed by atoms with Gasteiger partial charge in [-0.2, -0.15) is 0 Å². The summed E-state index contributed by atoms with van der Waals surface area (Å²) < 4.78 is 0. The fourth-order valence-electron chi connectivity index (χ4n) is 1.52. The van der Waals surface area contributed by atoms with Gasteiger partial charge in [0, 0.05) is 5.54 Å². The highest BCUT2D eigenvalue weighted by Crippen LogP contribution is 2.43. The van der Waals surface area contributed by atoms with Crippen LogP contribution in [0.25, 0.3) is 0 Å². The topological polar surface area (TPSA) is 26.0 Å². The molecule has 2 N–H and O–H groups in total. The minimum absolute atomic E-state index is 0.0903. The first-order valence-corrected chi connectivity index (χ1v) is 3.75. The van der Waals surface area contributed by atoms with Crippen LogP contribution in [0.1, 0.15) is 40.0 Å². The summed E-state index contributed by atoms with van der Waals surface area (Å²) in [5, 5.41) is 0. The van der Waals surface area contributed by atoms with Gasteiger partial charge in [0.2, 0.25) is 0 Å². The monoisotopic (exact) mass is 127 g/mol. The first-order valence-electron chi connectivity index (χ1n) is 3.75. The molecule has 1 rings (SSSR count). The van der Waals surface area contributed by atoms with Crippen molar-refractivity contribution in [3.8, 4) is 0 Å². The summed E-state index contributed by atoms with van der Waals surface area (Å²) >= 11 is 0. The van der Waals surface area contributed by atoms with E-state index in [0.717, 1.165) is 0 Å². The zero-order valence-electron chi connectivity index (χ0n) is 6.70. The molecule has 0 aromatic rings. The maximum absolute atomic E-state index is 6.06. The van der Waals surface area contributed by atoms with Crippen LogP contribution in [-0.2, 0) is 0 Å². The van der Waals surface area contributed by atoms with Gasteiger partial charge in [-0.3, -0.25) is 0 Å². The summed E-state index contributed by atoms with van der Waals surface area (Å²) in [6, 6.07) is 0. The molecule has 1 atom stereocenters. The van der Waals surface area contributed by atoms with Crippen molar-refractivity contribution in [2.45, 2.75) is 45.6 Å². The molecule has 1 aliphatic rings. The van der Waals surface area contributed by atoms with Gasteiger partial charge >= 0.3 is 0 Å². The molecule has 0 radical (unpaired) electrons. The van der Waals surface area contributed by atoms with Crippen LogP contribution in [0.15, 0.2) is 0 Å². The molecule has 1 nitrogen and oxygen atoms in total. The summed E-state index contributed by atoms with van der Waals surface area (Å²) in [6.45, 7) is 6.69. The first-order chi connectivity index (χ1) is 3.96. The minimum atomic E-state index is 0.0903. The third kappa shape index (κ3) is 0.983. The summed E-state index contributed by atoms with van der Waals surface area (Å²) in [6.07, 6.45) is 3.79. The van der Waals surface area contributed by atoms with Crippen molar-refractivity contribution in [2.75, 3.05) is 0 Å². The second-order valence-corrected chi connectivity index (χ2v) is 4.15. The van der Waals surface area contributed by atoms with Crippen molar-refractivity contribution in [3.05, 3.63) is 0 Å². The van der Waals surface area contributed by atoms with E-state index in [1.54, 1.807) is 0 Å². The highest BCUT2D eigenvalue weighted by Gasteiger charge is 2.41. The van der Waals surface area contributed by atoms with Crippen LogP contribution in [0.2, 0.25) is 0 Å². The van der Waals surface area contributed by atoms with E-state index in [1.807, 2.05) is 0 Å². The van der Waals surface area contributed by atoms with Crippen LogP contribution in [-0.4, -0.2) is 5.54 Å². The van der Waals surface area contributed by atoms with Crippen molar-refractivity contribution in [1.82, 2.24) is 0 Å². The van der Waals surface area contributed by atoms with E-state index in [1.165, 1.54) is 19.3 Å². The van der Waals surface area contributed by atoms with Crippen molar-refractivity contribution >= 4 is 0 Å². The lowest BCUT2D eigenvalue weighted by Crippen LogP contribution is -2.45. The van der Waals surface area contributed by atoms with Gasteiger partial charge in [-0.05, 0) is 25.2 Å². The fraction of sp³-hybridized carbons (Fsp3) is 1.00. The Kier molecular flexibility index (Phi) is 1.35. The summed E-state index contributed by atoms with van der Waals surface area (Å²) in [7, 11) is 0. The molecular formula is C8H17N. The maximum atomic E-state index is 6.06. The summed E-state index contributed by atoms with van der Waals surface area (Å²) in [4.78, 5) is 0. The van der Waals surface area contributed by atoms with Gasteiger partial charge in [0.15, 0.2) is 0 Å². The largest absolute Gasteiger partial charge is 0.325 e. The van der Waals surface area contributed by atoms with Crippen LogP contribution in [0.4, 0.5) is 0 Å². The van der Waals surface area contributed by atoms with Gasteiger partial charge in [-0.1, -0.05) is 20.3 Å². The Balaban J connectivity index is 2.75. The molecule has 1 unspecified atom stereocenters. The van der Waals surface area contributed by atoms with E-state index in [9.17, 15) is 0 Å². The molecule has 0 heterocycles. The van der Waals surface area contributed by atoms with Gasteiger partial charge in [0.05, 0.1) is 0 Å². The molecule has 1 saturated carbocycles. The third-order valence-electron chi connectivity index (χ3n) is 3.04. The van der Waals surface area contributed by atoms with Crippen molar-refractivity contribution in [2.24, 2.45) is 11.1 Å². The van der Waals surface area contributed by atoms with Gasteiger partial charge in [0.25, 0.3) is 0 Å². The van der Waals surface area contributed by atoms with E-state index in [4.69, 9.17) is 5.73 Å². The van der Waals surface area contributed by atoms with Crippen molar-refractivity contribution < 1.29 is 0 Å². The molecule has 0 aliphatic heterocycles. The molecule has 0 saturated heterocycles. The molecule has 54 valence electrons. The van der Waals surface area contributed by atoms with Gasteiger partial charge in [0.1, 0.15) is 0 Å². The molecule has 0 aromatic carbocycles. The highest BCUT2D eigenvalue weighted by atomic mass is 14.8. The average molecular weight is 127 g/mol. The van der Waals surface area contributed by atoms with E-state index in [0.29, 0.717) is 5.41 Å². The lowest BCUT2D eigenvalue weighted by molar-refractivity contribution is 0.230. The molecule has 0 spiro atoms. The van der Waals surface area contributed by atoms with E-state index >= 15 is 0 Å². The number of hydrogen-bond donors (Lipinski definition) is 1. The normalized spacial score (nSPS) is 41.3. The van der Waals surface area contributed by atoms with Crippen molar-refractivity contribution in [3.63, 3.8) is 0 Å². The smallest absolute Gasteiger partial charge is 0.0177 e. The Bertz CT molecular complexity index is 99.7. The van der Waals surface area contributed by atoms with Gasteiger partial charge in [-0.25, -0.2) is 0 Å². The predicted molar refractivity (Wildman–Crippen MR) is 40.2 cm³/mol. The maximum Gasteiger partial charge on any atom is 0.0177 e. The first kappa shape index (κ1) is 7.07. The van der Waals surface area contributed by atoms with Crippen LogP contribution in [0, 0.1) is 5.41 Å². The predicted octanol–water partition coefficient (Wildman–Crippen LogP) is 1.91. The average Bonchev–Trinajstić information content (AvgIpc) is 1.81. The minimum Gasteiger partial charge on any atom is -0.325 e. The van der Waals surface area contributed by atoms with Crippen molar-refractivity contribution in [1.29, 1.82) is 0 Å². The van der Waals surface area contributed by atoms with Gasteiger partial charge in [-0.15, -0.1) is 0 Å². The quantitative estimate of drug-likeness (QED) is 0.528. The van der Waals surface area contributed by atoms with Gasteiger partial charge < -0.3 is 5.73 Å². The second-order valence-electron chi connectivity index (χ2n) is 4.15. The Morgan fingerprint density at radius 1 is 1.11 bits per heavy atom. The SMILES string of the molecule is CC1(C)CCCC1(C)N. The van der Waals surface area contributed by atoms with E-state index in [2.05, 4.69) is 20.8 Å². The molecule has 1 fully saturated rings. The van der Waals surface area contributed by atoms with Crippen LogP contribution < -0.4 is 5.73 Å². The zero-order chi connectivity index (χ0) is 7.12. The third-order valence-corrected chi connectivity index (χ3v) is 3.04. The van der Waals surface area contributed by atoms with Crippen LogP contribution in [0.3, 0.4) is 0 Å². The Morgan fingerprint density at radius 3 is 1.78 bits per heavy atom. The lowest BCUT2D eigenvalue weighted by atomic mass is 9.77. The second kappa shape index (κ2) is 1.72. The molecule has 1 heteroatoms. The molecule has 0 aromatic heterocycles. The number of hydrogen-bond acceptors (Lipinski definition) is 1.